The molecule has 0 spiro atoms. The lowest BCUT2D eigenvalue weighted by molar-refractivity contribution is 0.657. The predicted molar refractivity (Wildman–Crippen MR) is 76.1 cm³/mol. The van der Waals surface area contributed by atoms with Gasteiger partial charge in [-0.05, 0) is 32.6 Å². The number of nitrogens with one attached hydrogen (secondary N) is 1. The van der Waals surface area contributed by atoms with Crippen molar-refractivity contribution in [2.45, 2.75) is 39.0 Å². The SMILES string of the molecule is Cc1csc(Cc2nc3c(c(NN)n2)CCCC3)n1. The molecular weight excluding hydrogens is 258 g/mol. The number of thiazole rings is 1. The molecule has 0 aliphatic heterocycles. The van der Waals surface area contributed by atoms with E-state index < -0.39 is 0 Å². The van der Waals surface area contributed by atoms with E-state index in [0.717, 1.165) is 40.9 Å². The maximum atomic E-state index is 5.59. The average Bonchev–Trinajstić information content (AvgIpc) is 2.83. The van der Waals surface area contributed by atoms with Crippen LogP contribution in [0.4, 0.5) is 5.82 Å². The highest BCUT2D eigenvalue weighted by molar-refractivity contribution is 7.09. The normalized spacial score (nSPS) is 14.2. The van der Waals surface area contributed by atoms with Crippen LogP contribution in [0.15, 0.2) is 5.38 Å². The number of nitrogen functional groups attached to an aromatic ring is 1. The van der Waals surface area contributed by atoms with Crippen LogP contribution < -0.4 is 11.3 Å². The molecule has 6 heteroatoms. The second kappa shape index (κ2) is 5.22. The fraction of sp³-hybridized carbons (Fsp3) is 0.462. The number of nitrogens with two attached hydrogens (primary N) is 1. The number of nitrogens with zero attached hydrogens (tertiary/aromatic N) is 3. The minimum Gasteiger partial charge on any atom is -0.308 e. The Hall–Kier alpha value is -1.53. The van der Waals surface area contributed by atoms with Gasteiger partial charge in [0.25, 0.3) is 0 Å². The number of aromatic nitrogens is 3. The fourth-order valence-corrected chi connectivity index (χ4v) is 3.23. The third-order valence-corrected chi connectivity index (χ3v) is 4.31. The molecule has 0 aromatic carbocycles. The van der Waals surface area contributed by atoms with Gasteiger partial charge in [0.05, 0.1) is 6.42 Å². The third kappa shape index (κ3) is 2.59. The Labute approximate surface area is 116 Å². The Balaban J connectivity index is 1.93. The Morgan fingerprint density at radius 3 is 2.84 bits per heavy atom. The topological polar surface area (TPSA) is 76.7 Å². The van der Waals surface area contributed by atoms with E-state index in [2.05, 4.69) is 25.8 Å². The fourth-order valence-electron chi connectivity index (χ4n) is 2.46. The van der Waals surface area contributed by atoms with Crippen molar-refractivity contribution >= 4 is 17.2 Å². The van der Waals surface area contributed by atoms with Crippen LogP contribution in [0, 0.1) is 6.92 Å². The molecule has 0 fully saturated rings. The molecule has 0 saturated carbocycles. The van der Waals surface area contributed by atoms with Gasteiger partial charge < -0.3 is 5.43 Å². The average molecular weight is 275 g/mol. The molecule has 3 rings (SSSR count). The predicted octanol–water partition coefficient (Wildman–Crippen LogP) is 2.00. The van der Waals surface area contributed by atoms with Crippen LogP contribution in [0.3, 0.4) is 0 Å². The summed E-state index contributed by atoms with van der Waals surface area (Å²) in [6.45, 7) is 2.00. The van der Waals surface area contributed by atoms with E-state index in [-0.39, 0.29) is 0 Å². The molecule has 100 valence electrons. The Morgan fingerprint density at radius 1 is 1.26 bits per heavy atom. The molecule has 0 amide bonds. The summed E-state index contributed by atoms with van der Waals surface area (Å²) in [6.07, 6.45) is 5.11. The summed E-state index contributed by atoms with van der Waals surface area (Å²) in [5.74, 6) is 7.18. The van der Waals surface area contributed by atoms with Crippen molar-refractivity contribution in [2.24, 2.45) is 5.84 Å². The number of hydrogen-bond acceptors (Lipinski definition) is 6. The summed E-state index contributed by atoms with van der Waals surface area (Å²) in [7, 11) is 0. The number of anilines is 1. The first kappa shape index (κ1) is 12.5. The van der Waals surface area contributed by atoms with Gasteiger partial charge in [-0.1, -0.05) is 0 Å². The van der Waals surface area contributed by atoms with Gasteiger partial charge in [-0.15, -0.1) is 11.3 Å². The molecule has 2 heterocycles. The van der Waals surface area contributed by atoms with Gasteiger partial charge in [-0.25, -0.2) is 20.8 Å². The summed E-state index contributed by atoms with van der Waals surface area (Å²) in [5.41, 5.74) is 6.11. The van der Waals surface area contributed by atoms with Crippen LogP contribution in [0.1, 0.15) is 40.6 Å². The van der Waals surface area contributed by atoms with Crippen molar-refractivity contribution in [2.75, 3.05) is 5.43 Å². The lowest BCUT2D eigenvalue weighted by Gasteiger charge is -2.18. The molecule has 0 saturated heterocycles. The number of fused-ring (bicyclic) bond motifs is 1. The Morgan fingerprint density at radius 2 is 2.11 bits per heavy atom. The standard InChI is InChI=1S/C13H17N5S/c1-8-7-19-12(15-8)6-11-16-10-5-3-2-4-9(10)13(17-11)18-14/h7H,2-6,14H2,1H3,(H,16,17,18). The molecule has 3 N–H and O–H groups in total. The van der Waals surface area contributed by atoms with E-state index in [1.807, 2.05) is 6.92 Å². The van der Waals surface area contributed by atoms with Crippen LogP contribution in [-0.4, -0.2) is 15.0 Å². The molecule has 0 atom stereocenters. The smallest absolute Gasteiger partial charge is 0.147 e. The van der Waals surface area contributed by atoms with Gasteiger partial charge in [-0.3, -0.25) is 0 Å². The van der Waals surface area contributed by atoms with Gasteiger partial charge in [-0.2, -0.15) is 0 Å². The minimum atomic E-state index is 0.681. The second-order valence-corrected chi connectivity index (χ2v) is 5.77. The zero-order chi connectivity index (χ0) is 13.2. The number of hydrogen-bond donors (Lipinski definition) is 2. The molecule has 1 aliphatic rings. The summed E-state index contributed by atoms with van der Waals surface area (Å²) < 4.78 is 0. The lowest BCUT2D eigenvalue weighted by Crippen LogP contribution is -2.18. The van der Waals surface area contributed by atoms with Crippen molar-refractivity contribution in [3.63, 3.8) is 0 Å². The summed E-state index contributed by atoms with van der Waals surface area (Å²) in [4.78, 5) is 13.7. The number of hydrazine groups is 1. The molecule has 2 aromatic heterocycles. The van der Waals surface area contributed by atoms with Crippen LogP contribution in [-0.2, 0) is 19.3 Å². The second-order valence-electron chi connectivity index (χ2n) is 4.82. The van der Waals surface area contributed by atoms with E-state index in [0.29, 0.717) is 6.42 Å². The van der Waals surface area contributed by atoms with E-state index >= 15 is 0 Å². The summed E-state index contributed by atoms with van der Waals surface area (Å²) >= 11 is 1.65. The molecule has 2 aromatic rings. The first-order valence-corrected chi connectivity index (χ1v) is 7.40. The zero-order valence-electron chi connectivity index (χ0n) is 10.9. The van der Waals surface area contributed by atoms with Crippen LogP contribution in [0.2, 0.25) is 0 Å². The van der Waals surface area contributed by atoms with Crippen molar-refractivity contribution in [1.29, 1.82) is 0 Å². The molecular formula is C13H17N5S. The van der Waals surface area contributed by atoms with Gasteiger partial charge >= 0.3 is 0 Å². The molecule has 0 bridgehead atoms. The van der Waals surface area contributed by atoms with E-state index in [1.54, 1.807) is 11.3 Å². The quantitative estimate of drug-likeness (QED) is 0.662. The summed E-state index contributed by atoms with van der Waals surface area (Å²) in [6, 6.07) is 0. The highest BCUT2D eigenvalue weighted by atomic mass is 32.1. The van der Waals surface area contributed by atoms with Gasteiger partial charge in [0.2, 0.25) is 0 Å². The monoisotopic (exact) mass is 275 g/mol. The third-order valence-electron chi connectivity index (χ3n) is 3.34. The van der Waals surface area contributed by atoms with Gasteiger partial charge in [0.1, 0.15) is 16.6 Å². The largest absolute Gasteiger partial charge is 0.308 e. The van der Waals surface area contributed by atoms with Crippen molar-refractivity contribution < 1.29 is 0 Å². The highest BCUT2D eigenvalue weighted by Crippen LogP contribution is 2.25. The molecule has 19 heavy (non-hydrogen) atoms. The van der Waals surface area contributed by atoms with Gasteiger partial charge in [0, 0.05) is 22.3 Å². The van der Waals surface area contributed by atoms with Crippen molar-refractivity contribution in [1.82, 2.24) is 15.0 Å². The van der Waals surface area contributed by atoms with E-state index in [9.17, 15) is 0 Å². The number of rotatable bonds is 3. The highest BCUT2D eigenvalue weighted by Gasteiger charge is 2.17. The first-order valence-electron chi connectivity index (χ1n) is 6.52. The Kier molecular flexibility index (Phi) is 3.44. The molecule has 1 aliphatic carbocycles. The maximum Gasteiger partial charge on any atom is 0.147 e. The first-order chi connectivity index (χ1) is 9.26. The van der Waals surface area contributed by atoms with Crippen molar-refractivity contribution in [3.05, 3.63) is 33.2 Å². The van der Waals surface area contributed by atoms with Crippen molar-refractivity contribution in [3.8, 4) is 0 Å². The molecule has 0 unspecified atom stereocenters. The Bertz CT molecular complexity index is 575. The van der Waals surface area contributed by atoms with Crippen LogP contribution in [0.5, 0.6) is 0 Å². The summed E-state index contributed by atoms with van der Waals surface area (Å²) in [5, 5.41) is 3.10. The van der Waals surface area contributed by atoms with Gasteiger partial charge in [0.15, 0.2) is 0 Å². The van der Waals surface area contributed by atoms with E-state index in [1.165, 1.54) is 18.4 Å². The lowest BCUT2D eigenvalue weighted by atomic mass is 9.96. The number of aryl methyl sites for hydroxylation is 2. The van der Waals surface area contributed by atoms with Crippen LogP contribution in [0.25, 0.3) is 0 Å². The molecule has 5 nitrogen and oxygen atoms in total. The maximum absolute atomic E-state index is 5.59. The van der Waals surface area contributed by atoms with E-state index in [4.69, 9.17) is 5.84 Å². The minimum absolute atomic E-state index is 0.681. The van der Waals surface area contributed by atoms with Crippen LogP contribution >= 0.6 is 11.3 Å². The molecule has 0 radical (unpaired) electrons. The zero-order valence-corrected chi connectivity index (χ0v) is 11.8.